The van der Waals surface area contributed by atoms with Crippen LogP contribution in [0, 0.1) is 17.0 Å². The van der Waals surface area contributed by atoms with Gasteiger partial charge in [0.15, 0.2) is 0 Å². The lowest BCUT2D eigenvalue weighted by molar-refractivity contribution is -0.385. The second-order valence-corrected chi connectivity index (χ2v) is 4.70. The van der Waals surface area contributed by atoms with Crippen LogP contribution in [0.2, 0.25) is 5.02 Å². The number of nitrogens with zero attached hydrogens (tertiary/aromatic N) is 1. The van der Waals surface area contributed by atoms with E-state index in [4.69, 9.17) is 22.1 Å². The van der Waals surface area contributed by atoms with Crippen molar-refractivity contribution in [3.63, 3.8) is 0 Å². The number of rotatable bonds is 4. The first kappa shape index (κ1) is 14.3. The monoisotopic (exact) mass is 292 g/mol. The molecule has 2 aromatic carbocycles. The summed E-state index contributed by atoms with van der Waals surface area (Å²) in [5.41, 5.74) is 7.01. The van der Waals surface area contributed by atoms with Gasteiger partial charge in [0.2, 0.25) is 0 Å². The van der Waals surface area contributed by atoms with Gasteiger partial charge in [-0.15, -0.1) is 0 Å². The van der Waals surface area contributed by atoms with Crippen LogP contribution in [0.3, 0.4) is 0 Å². The molecular formula is C14H13ClN2O3. The number of nitro groups is 1. The number of hydrogen-bond acceptors (Lipinski definition) is 4. The third-order valence-electron chi connectivity index (χ3n) is 2.84. The summed E-state index contributed by atoms with van der Waals surface area (Å²) in [5, 5.41) is 11.3. The molecule has 2 N–H and O–H groups in total. The highest BCUT2D eigenvalue weighted by molar-refractivity contribution is 6.30. The predicted octanol–water partition coefficient (Wildman–Crippen LogP) is 3.81. The fourth-order valence-electron chi connectivity index (χ4n) is 1.83. The van der Waals surface area contributed by atoms with Gasteiger partial charge in [-0.25, -0.2) is 0 Å². The average Bonchev–Trinajstić information content (AvgIpc) is 2.40. The Hall–Kier alpha value is -2.11. The van der Waals surface area contributed by atoms with Crippen LogP contribution in [0.25, 0.3) is 0 Å². The van der Waals surface area contributed by atoms with Gasteiger partial charge in [-0.2, -0.15) is 0 Å². The highest BCUT2D eigenvalue weighted by Crippen LogP contribution is 2.30. The second-order valence-electron chi connectivity index (χ2n) is 4.26. The van der Waals surface area contributed by atoms with E-state index in [2.05, 4.69) is 0 Å². The quantitative estimate of drug-likeness (QED) is 0.686. The molecule has 104 valence electrons. The summed E-state index contributed by atoms with van der Waals surface area (Å²) >= 11 is 5.89. The maximum Gasteiger partial charge on any atom is 0.272 e. The number of nitro benzene ring substituents is 1. The lowest BCUT2D eigenvalue weighted by atomic mass is 10.2. The SMILES string of the molecule is Cc1cc(Oc2ccc(Cl)cc2CN)ccc1[N+](=O)[O-]. The molecule has 0 aliphatic rings. The Kier molecular flexibility index (Phi) is 4.22. The Balaban J connectivity index is 2.31. The average molecular weight is 293 g/mol. The molecule has 20 heavy (non-hydrogen) atoms. The summed E-state index contributed by atoms with van der Waals surface area (Å²) < 4.78 is 5.71. The zero-order valence-electron chi connectivity index (χ0n) is 10.8. The number of nitrogens with two attached hydrogens (primary N) is 1. The van der Waals surface area contributed by atoms with Crippen LogP contribution in [-0.2, 0) is 6.54 Å². The van der Waals surface area contributed by atoms with Crippen molar-refractivity contribution in [3.05, 3.63) is 62.7 Å². The molecule has 0 atom stereocenters. The normalized spacial score (nSPS) is 10.3. The van der Waals surface area contributed by atoms with E-state index in [9.17, 15) is 10.1 Å². The van der Waals surface area contributed by atoms with E-state index < -0.39 is 4.92 Å². The van der Waals surface area contributed by atoms with Gasteiger partial charge in [0.1, 0.15) is 11.5 Å². The molecule has 6 heteroatoms. The Morgan fingerprint density at radius 3 is 2.65 bits per heavy atom. The van der Waals surface area contributed by atoms with Crippen molar-refractivity contribution in [2.24, 2.45) is 5.73 Å². The van der Waals surface area contributed by atoms with Gasteiger partial charge in [0, 0.05) is 28.8 Å². The molecule has 0 aliphatic carbocycles. The summed E-state index contributed by atoms with van der Waals surface area (Å²) in [6.07, 6.45) is 0. The smallest absolute Gasteiger partial charge is 0.272 e. The third kappa shape index (κ3) is 3.07. The molecule has 0 unspecified atom stereocenters. The molecule has 2 aromatic rings. The molecule has 5 nitrogen and oxygen atoms in total. The second kappa shape index (κ2) is 5.90. The van der Waals surface area contributed by atoms with Gasteiger partial charge in [0.05, 0.1) is 4.92 Å². The van der Waals surface area contributed by atoms with Crippen molar-refractivity contribution in [2.75, 3.05) is 0 Å². The Labute approximate surface area is 121 Å². The Morgan fingerprint density at radius 2 is 2.05 bits per heavy atom. The lowest BCUT2D eigenvalue weighted by Gasteiger charge is -2.11. The Bertz CT molecular complexity index is 659. The van der Waals surface area contributed by atoms with Crippen molar-refractivity contribution in [2.45, 2.75) is 13.5 Å². The minimum absolute atomic E-state index is 0.0625. The van der Waals surface area contributed by atoms with Crippen LogP contribution >= 0.6 is 11.6 Å². The summed E-state index contributed by atoms with van der Waals surface area (Å²) in [7, 11) is 0. The fourth-order valence-corrected chi connectivity index (χ4v) is 2.03. The fraction of sp³-hybridized carbons (Fsp3) is 0.143. The summed E-state index contributed by atoms with van der Waals surface area (Å²) in [5.74, 6) is 1.11. The van der Waals surface area contributed by atoms with Crippen LogP contribution in [0.15, 0.2) is 36.4 Å². The van der Waals surface area contributed by atoms with E-state index in [0.717, 1.165) is 5.56 Å². The van der Waals surface area contributed by atoms with Crippen molar-refractivity contribution in [3.8, 4) is 11.5 Å². The van der Waals surface area contributed by atoms with E-state index in [1.165, 1.54) is 6.07 Å². The largest absolute Gasteiger partial charge is 0.457 e. The summed E-state index contributed by atoms with van der Waals surface area (Å²) in [4.78, 5) is 10.3. The van der Waals surface area contributed by atoms with E-state index >= 15 is 0 Å². The topological polar surface area (TPSA) is 78.4 Å². The van der Waals surface area contributed by atoms with E-state index in [1.807, 2.05) is 0 Å². The van der Waals surface area contributed by atoms with Crippen molar-refractivity contribution < 1.29 is 9.66 Å². The highest BCUT2D eigenvalue weighted by atomic mass is 35.5. The molecule has 0 aromatic heterocycles. The third-order valence-corrected chi connectivity index (χ3v) is 3.07. The van der Waals surface area contributed by atoms with Crippen LogP contribution in [0.5, 0.6) is 11.5 Å². The zero-order chi connectivity index (χ0) is 14.7. The molecule has 0 heterocycles. The predicted molar refractivity (Wildman–Crippen MR) is 77.3 cm³/mol. The number of hydrogen-bond donors (Lipinski definition) is 1. The molecular weight excluding hydrogens is 280 g/mol. The number of halogens is 1. The lowest BCUT2D eigenvalue weighted by Crippen LogP contribution is -1.99. The van der Waals surface area contributed by atoms with Crippen molar-refractivity contribution in [1.82, 2.24) is 0 Å². The first-order valence-electron chi connectivity index (χ1n) is 5.92. The first-order chi connectivity index (χ1) is 9.51. The first-order valence-corrected chi connectivity index (χ1v) is 6.30. The molecule has 0 fully saturated rings. The van der Waals surface area contributed by atoms with Gasteiger partial charge in [0.25, 0.3) is 5.69 Å². The van der Waals surface area contributed by atoms with Crippen LogP contribution in [0.1, 0.15) is 11.1 Å². The molecule has 0 amide bonds. The van der Waals surface area contributed by atoms with Gasteiger partial charge in [-0.3, -0.25) is 10.1 Å². The van der Waals surface area contributed by atoms with Crippen molar-refractivity contribution >= 4 is 17.3 Å². The van der Waals surface area contributed by atoms with Gasteiger partial charge in [-0.1, -0.05) is 11.6 Å². The Morgan fingerprint density at radius 1 is 1.30 bits per heavy atom. The molecule has 0 aliphatic heterocycles. The zero-order valence-corrected chi connectivity index (χ0v) is 11.6. The number of ether oxygens (including phenoxy) is 1. The number of benzene rings is 2. The summed E-state index contributed by atoms with van der Waals surface area (Å²) in [6.45, 7) is 1.96. The standard InChI is InChI=1S/C14H13ClN2O3/c1-9-6-12(3-4-13(9)17(18)19)20-14-5-2-11(15)7-10(14)8-16/h2-7H,8,16H2,1H3. The maximum atomic E-state index is 10.8. The minimum Gasteiger partial charge on any atom is -0.457 e. The molecule has 0 saturated heterocycles. The van der Waals surface area contributed by atoms with Gasteiger partial charge >= 0.3 is 0 Å². The summed E-state index contributed by atoms with van der Waals surface area (Å²) in [6, 6.07) is 9.75. The van der Waals surface area contributed by atoms with E-state index in [0.29, 0.717) is 28.6 Å². The van der Waals surface area contributed by atoms with Crippen LogP contribution in [0.4, 0.5) is 5.69 Å². The van der Waals surface area contributed by atoms with Crippen LogP contribution < -0.4 is 10.5 Å². The molecule has 0 bridgehead atoms. The minimum atomic E-state index is -0.424. The molecule has 0 saturated carbocycles. The molecule has 2 rings (SSSR count). The molecule has 0 radical (unpaired) electrons. The maximum absolute atomic E-state index is 10.8. The van der Waals surface area contributed by atoms with Crippen LogP contribution in [-0.4, -0.2) is 4.92 Å². The van der Waals surface area contributed by atoms with Gasteiger partial charge in [-0.05, 0) is 37.3 Å². The van der Waals surface area contributed by atoms with Gasteiger partial charge < -0.3 is 10.5 Å². The van der Waals surface area contributed by atoms with E-state index in [1.54, 1.807) is 37.3 Å². The van der Waals surface area contributed by atoms with E-state index in [-0.39, 0.29) is 5.69 Å². The molecule has 0 spiro atoms. The highest BCUT2D eigenvalue weighted by Gasteiger charge is 2.12. The number of aryl methyl sites for hydroxylation is 1. The van der Waals surface area contributed by atoms with Crippen molar-refractivity contribution in [1.29, 1.82) is 0 Å².